The third-order valence-electron chi connectivity index (χ3n) is 6.45. The molecule has 2 fully saturated rings. The van der Waals surface area contributed by atoms with E-state index >= 15 is 0 Å². The highest BCUT2D eigenvalue weighted by Gasteiger charge is 2.35. The van der Waals surface area contributed by atoms with Crippen molar-refractivity contribution in [1.82, 2.24) is 10.6 Å². The van der Waals surface area contributed by atoms with E-state index in [9.17, 15) is 0 Å². The van der Waals surface area contributed by atoms with Crippen LogP contribution in [0.5, 0.6) is 11.5 Å². The zero-order valence-electron chi connectivity index (χ0n) is 19.6. The summed E-state index contributed by atoms with van der Waals surface area (Å²) in [6.07, 6.45) is 3.94. The number of ether oxygens (including phenoxy) is 5. The van der Waals surface area contributed by atoms with Crippen molar-refractivity contribution in [1.29, 1.82) is 0 Å². The molecule has 0 aliphatic carbocycles. The Morgan fingerprint density at radius 1 is 1.12 bits per heavy atom. The maximum atomic E-state index is 5.81. The van der Waals surface area contributed by atoms with Gasteiger partial charge in [0.25, 0.3) is 0 Å². The van der Waals surface area contributed by atoms with Crippen molar-refractivity contribution >= 4 is 29.9 Å². The molecule has 1 aromatic carbocycles. The Kier molecular flexibility index (Phi) is 10.8. The number of rotatable bonds is 10. The van der Waals surface area contributed by atoms with Crippen LogP contribution >= 0.6 is 24.0 Å². The van der Waals surface area contributed by atoms with Gasteiger partial charge in [0.1, 0.15) is 0 Å². The summed E-state index contributed by atoms with van der Waals surface area (Å²) < 4.78 is 28.0. The molecule has 3 aliphatic heterocycles. The largest absolute Gasteiger partial charge is 0.454 e. The standard InChI is InChI=1S/C24H37N3O5.HI/c1-2-25-23(26-9-3-10-29-15-19-6-11-30-16-19)27-17-24(7-12-28-13-8-24)20-4-5-21-22(14-20)32-18-31-21;/h4-5,14,19H,2-3,6-13,15-18H2,1H3,(H2,25,26,27);1H. The lowest BCUT2D eigenvalue weighted by Crippen LogP contribution is -2.41. The summed E-state index contributed by atoms with van der Waals surface area (Å²) in [6.45, 7) is 9.49. The number of hydrogen-bond donors (Lipinski definition) is 2. The van der Waals surface area contributed by atoms with Gasteiger partial charge in [-0.3, -0.25) is 4.99 Å². The Hall–Kier alpha value is -1.30. The molecule has 8 nitrogen and oxygen atoms in total. The number of benzene rings is 1. The molecule has 0 spiro atoms. The molecule has 33 heavy (non-hydrogen) atoms. The number of nitrogens with one attached hydrogen (secondary N) is 2. The lowest BCUT2D eigenvalue weighted by Gasteiger charge is -2.36. The van der Waals surface area contributed by atoms with Crippen molar-refractivity contribution < 1.29 is 23.7 Å². The van der Waals surface area contributed by atoms with E-state index in [2.05, 4.69) is 29.7 Å². The van der Waals surface area contributed by atoms with Gasteiger partial charge in [0.05, 0.1) is 19.8 Å². The van der Waals surface area contributed by atoms with Crippen LogP contribution in [0.2, 0.25) is 0 Å². The summed E-state index contributed by atoms with van der Waals surface area (Å²) in [5.41, 5.74) is 1.18. The van der Waals surface area contributed by atoms with E-state index in [1.165, 1.54) is 5.56 Å². The number of aliphatic imine (C=N–C) groups is 1. The monoisotopic (exact) mass is 575 g/mol. The fraction of sp³-hybridized carbons (Fsp3) is 0.708. The first kappa shape index (κ1) is 26.3. The highest BCUT2D eigenvalue weighted by molar-refractivity contribution is 14.0. The number of guanidine groups is 1. The maximum Gasteiger partial charge on any atom is 0.231 e. The van der Waals surface area contributed by atoms with E-state index in [0.29, 0.717) is 19.3 Å². The van der Waals surface area contributed by atoms with Crippen LogP contribution in [-0.2, 0) is 19.6 Å². The molecule has 0 saturated carbocycles. The van der Waals surface area contributed by atoms with Crippen LogP contribution in [0.3, 0.4) is 0 Å². The summed E-state index contributed by atoms with van der Waals surface area (Å²) in [4.78, 5) is 4.97. The topological polar surface area (TPSA) is 82.6 Å². The zero-order chi connectivity index (χ0) is 22.1. The number of hydrogen-bond acceptors (Lipinski definition) is 6. The van der Waals surface area contributed by atoms with E-state index in [4.69, 9.17) is 28.7 Å². The van der Waals surface area contributed by atoms with Crippen molar-refractivity contribution in [2.45, 2.75) is 38.0 Å². The van der Waals surface area contributed by atoms with E-state index < -0.39 is 0 Å². The lowest BCUT2D eigenvalue weighted by atomic mass is 9.74. The van der Waals surface area contributed by atoms with Crippen LogP contribution in [0.1, 0.15) is 38.2 Å². The molecule has 4 rings (SSSR count). The highest BCUT2D eigenvalue weighted by atomic mass is 127. The van der Waals surface area contributed by atoms with Gasteiger partial charge in [0.15, 0.2) is 17.5 Å². The van der Waals surface area contributed by atoms with Gasteiger partial charge >= 0.3 is 0 Å². The van der Waals surface area contributed by atoms with E-state index in [0.717, 1.165) is 95.9 Å². The fourth-order valence-electron chi connectivity index (χ4n) is 4.44. The molecule has 2 saturated heterocycles. The molecule has 0 radical (unpaired) electrons. The number of fused-ring (bicyclic) bond motifs is 1. The van der Waals surface area contributed by atoms with E-state index in [1.54, 1.807) is 0 Å². The quantitative estimate of drug-likeness (QED) is 0.192. The molecule has 9 heteroatoms. The Morgan fingerprint density at radius 3 is 2.76 bits per heavy atom. The Bertz CT molecular complexity index is 752. The zero-order valence-corrected chi connectivity index (χ0v) is 21.9. The van der Waals surface area contributed by atoms with Crippen LogP contribution in [0, 0.1) is 5.92 Å². The molecule has 2 N–H and O–H groups in total. The van der Waals surface area contributed by atoms with Crippen molar-refractivity contribution in [3.8, 4) is 11.5 Å². The van der Waals surface area contributed by atoms with Gasteiger partial charge in [0.2, 0.25) is 6.79 Å². The molecule has 1 atom stereocenters. The van der Waals surface area contributed by atoms with Crippen LogP contribution < -0.4 is 20.1 Å². The molecule has 1 unspecified atom stereocenters. The highest BCUT2D eigenvalue weighted by Crippen LogP contribution is 2.41. The minimum Gasteiger partial charge on any atom is -0.454 e. The second kappa shape index (κ2) is 13.6. The van der Waals surface area contributed by atoms with Crippen LogP contribution in [0.25, 0.3) is 0 Å². The predicted octanol–water partition coefficient (Wildman–Crippen LogP) is 3.08. The van der Waals surface area contributed by atoms with Gasteiger partial charge in [-0.05, 0) is 50.3 Å². The summed E-state index contributed by atoms with van der Waals surface area (Å²) in [5, 5.41) is 6.83. The van der Waals surface area contributed by atoms with Crippen LogP contribution in [0.15, 0.2) is 23.2 Å². The van der Waals surface area contributed by atoms with Gasteiger partial charge in [0, 0.05) is 50.8 Å². The Morgan fingerprint density at radius 2 is 1.97 bits per heavy atom. The van der Waals surface area contributed by atoms with Gasteiger partial charge in [-0.25, -0.2) is 0 Å². The smallest absolute Gasteiger partial charge is 0.231 e. The first-order chi connectivity index (χ1) is 15.8. The van der Waals surface area contributed by atoms with Crippen molar-refractivity contribution in [2.24, 2.45) is 10.9 Å². The predicted molar refractivity (Wildman–Crippen MR) is 138 cm³/mol. The summed E-state index contributed by atoms with van der Waals surface area (Å²) in [7, 11) is 0. The number of nitrogens with zero attached hydrogens (tertiary/aromatic N) is 1. The molecule has 1 aromatic rings. The summed E-state index contributed by atoms with van der Waals surface area (Å²) in [6, 6.07) is 6.29. The Labute approximate surface area is 214 Å². The van der Waals surface area contributed by atoms with Crippen LogP contribution in [0.4, 0.5) is 0 Å². The molecule has 0 aromatic heterocycles. The molecule has 0 amide bonds. The van der Waals surface area contributed by atoms with Crippen molar-refractivity contribution in [3.05, 3.63) is 23.8 Å². The van der Waals surface area contributed by atoms with Gasteiger partial charge in [-0.15, -0.1) is 24.0 Å². The number of halogens is 1. The first-order valence-corrected chi connectivity index (χ1v) is 11.9. The minimum atomic E-state index is -0.0615. The van der Waals surface area contributed by atoms with E-state index in [1.807, 2.05) is 6.07 Å². The third kappa shape index (κ3) is 7.34. The lowest BCUT2D eigenvalue weighted by molar-refractivity contribution is 0.0530. The normalized spacial score (nSPS) is 21.5. The molecule has 3 heterocycles. The molecular formula is C24H38IN3O5. The molecular weight excluding hydrogens is 537 g/mol. The van der Waals surface area contributed by atoms with Crippen molar-refractivity contribution in [2.75, 3.05) is 66.1 Å². The Balaban J connectivity index is 0.00000306. The fourth-order valence-corrected chi connectivity index (χ4v) is 4.44. The average molecular weight is 575 g/mol. The SMILES string of the molecule is CCNC(=NCC1(c2ccc3c(c2)OCO3)CCOCC1)NCCCOCC1CCOC1.I. The van der Waals surface area contributed by atoms with Gasteiger partial charge in [-0.2, -0.15) is 0 Å². The van der Waals surface area contributed by atoms with Gasteiger partial charge < -0.3 is 34.3 Å². The first-order valence-electron chi connectivity index (χ1n) is 11.9. The summed E-state index contributed by atoms with van der Waals surface area (Å²) in [5.74, 6) is 3.06. The third-order valence-corrected chi connectivity index (χ3v) is 6.45. The summed E-state index contributed by atoms with van der Waals surface area (Å²) >= 11 is 0. The van der Waals surface area contributed by atoms with E-state index in [-0.39, 0.29) is 29.4 Å². The second-order valence-corrected chi connectivity index (χ2v) is 8.74. The second-order valence-electron chi connectivity index (χ2n) is 8.74. The molecule has 186 valence electrons. The molecule has 0 bridgehead atoms. The average Bonchev–Trinajstić information content (AvgIpc) is 3.51. The van der Waals surface area contributed by atoms with Crippen molar-refractivity contribution in [3.63, 3.8) is 0 Å². The maximum absolute atomic E-state index is 5.81. The van der Waals surface area contributed by atoms with Crippen LogP contribution in [-0.4, -0.2) is 72.0 Å². The minimum absolute atomic E-state index is 0. The van der Waals surface area contributed by atoms with Gasteiger partial charge in [-0.1, -0.05) is 6.07 Å². The molecule has 3 aliphatic rings.